The van der Waals surface area contributed by atoms with E-state index in [1.807, 2.05) is 23.7 Å². The average molecular weight is 216 g/mol. The van der Waals surface area contributed by atoms with Crippen molar-refractivity contribution in [1.29, 1.82) is 0 Å². The smallest absolute Gasteiger partial charge is 0.222 e. The number of thioether (sulfide) groups is 1. The highest BCUT2D eigenvalue weighted by atomic mass is 32.2. The number of amides is 1. The third-order valence-corrected chi connectivity index (χ3v) is 3.28. The first-order valence-electron chi connectivity index (χ1n) is 5.20. The summed E-state index contributed by atoms with van der Waals surface area (Å²) in [6.45, 7) is 1.95. The van der Waals surface area contributed by atoms with Crippen molar-refractivity contribution in [1.82, 2.24) is 10.2 Å². The number of rotatable bonds is 5. The zero-order chi connectivity index (χ0) is 10.4. The van der Waals surface area contributed by atoms with Crippen LogP contribution in [0.4, 0.5) is 0 Å². The second kappa shape index (κ2) is 6.30. The molecule has 0 aromatic rings. The van der Waals surface area contributed by atoms with Crippen LogP contribution in [0.3, 0.4) is 0 Å². The fourth-order valence-electron chi connectivity index (χ4n) is 1.70. The molecule has 1 atom stereocenters. The Kier molecular flexibility index (Phi) is 5.33. The van der Waals surface area contributed by atoms with Gasteiger partial charge in [-0.15, -0.1) is 0 Å². The van der Waals surface area contributed by atoms with E-state index in [-0.39, 0.29) is 5.91 Å². The fourth-order valence-corrected chi connectivity index (χ4v) is 2.13. The predicted octanol–water partition coefficient (Wildman–Crippen LogP) is 0.950. The van der Waals surface area contributed by atoms with Gasteiger partial charge >= 0.3 is 0 Å². The van der Waals surface area contributed by atoms with E-state index < -0.39 is 0 Å². The minimum atomic E-state index is 0.284. The molecule has 3 nitrogen and oxygen atoms in total. The Labute approximate surface area is 90.6 Å². The summed E-state index contributed by atoms with van der Waals surface area (Å²) >= 11 is 1.88. The molecule has 0 aromatic heterocycles. The van der Waals surface area contributed by atoms with E-state index in [9.17, 15) is 4.79 Å². The quantitative estimate of drug-likeness (QED) is 0.695. The largest absolute Gasteiger partial charge is 0.344 e. The Morgan fingerprint density at radius 1 is 1.64 bits per heavy atom. The molecule has 82 valence electrons. The van der Waals surface area contributed by atoms with E-state index in [4.69, 9.17) is 0 Å². The highest BCUT2D eigenvalue weighted by Gasteiger charge is 2.21. The minimum Gasteiger partial charge on any atom is -0.344 e. The maximum Gasteiger partial charge on any atom is 0.222 e. The van der Waals surface area contributed by atoms with Crippen LogP contribution in [0, 0.1) is 0 Å². The molecule has 0 bridgehead atoms. The highest BCUT2D eigenvalue weighted by molar-refractivity contribution is 7.98. The number of nitrogens with zero attached hydrogens (tertiary/aromatic N) is 1. The van der Waals surface area contributed by atoms with Crippen LogP contribution in [0.2, 0.25) is 0 Å². The van der Waals surface area contributed by atoms with Crippen LogP contribution in [-0.2, 0) is 4.79 Å². The van der Waals surface area contributed by atoms with E-state index in [0.717, 1.165) is 19.5 Å². The molecule has 1 unspecified atom stereocenters. The number of hydrogen-bond acceptors (Lipinski definition) is 3. The Hall–Kier alpha value is -0.220. The molecule has 0 aliphatic carbocycles. The van der Waals surface area contributed by atoms with Gasteiger partial charge in [-0.1, -0.05) is 0 Å². The van der Waals surface area contributed by atoms with E-state index in [2.05, 4.69) is 11.6 Å². The lowest BCUT2D eigenvalue weighted by Crippen LogP contribution is -2.46. The topological polar surface area (TPSA) is 32.3 Å². The minimum absolute atomic E-state index is 0.284. The summed E-state index contributed by atoms with van der Waals surface area (Å²) in [5.41, 5.74) is 0. The lowest BCUT2D eigenvalue weighted by Gasteiger charge is -2.30. The molecule has 0 spiro atoms. The summed E-state index contributed by atoms with van der Waals surface area (Å²) in [6, 6.07) is 0.513. The molecule has 1 aliphatic heterocycles. The van der Waals surface area contributed by atoms with Crippen LogP contribution in [0.1, 0.15) is 19.3 Å². The van der Waals surface area contributed by atoms with E-state index in [1.54, 1.807) is 0 Å². The number of carbonyl (C=O) groups excluding carboxylic acids is 1. The molecular formula is C10H20N2OS. The number of likely N-dealkylation sites (N-methyl/N-ethyl adjacent to an activating group) is 1. The second-order valence-electron chi connectivity index (χ2n) is 3.81. The summed E-state index contributed by atoms with van der Waals surface area (Å²) in [5, 5.41) is 3.50. The van der Waals surface area contributed by atoms with E-state index in [0.29, 0.717) is 12.5 Å². The molecule has 1 heterocycles. The number of carbonyl (C=O) groups is 1. The number of hydrogen-bond donors (Lipinski definition) is 1. The van der Waals surface area contributed by atoms with Crippen molar-refractivity contribution >= 4 is 17.7 Å². The molecular weight excluding hydrogens is 196 g/mol. The molecule has 0 aromatic carbocycles. The van der Waals surface area contributed by atoms with Gasteiger partial charge in [0.15, 0.2) is 0 Å². The zero-order valence-electron chi connectivity index (χ0n) is 9.08. The van der Waals surface area contributed by atoms with Crippen molar-refractivity contribution in [3.8, 4) is 0 Å². The Morgan fingerprint density at radius 2 is 2.43 bits per heavy atom. The summed E-state index contributed by atoms with van der Waals surface area (Å²) in [7, 11) is 1.89. The molecule has 4 heteroatoms. The average Bonchev–Trinajstić information content (AvgIpc) is 2.18. The van der Waals surface area contributed by atoms with Gasteiger partial charge in [0.25, 0.3) is 0 Å². The number of nitrogens with one attached hydrogen (secondary N) is 1. The van der Waals surface area contributed by atoms with Gasteiger partial charge in [-0.25, -0.2) is 0 Å². The van der Waals surface area contributed by atoms with Gasteiger partial charge in [-0.05, 0) is 31.4 Å². The van der Waals surface area contributed by atoms with Crippen molar-refractivity contribution in [3.63, 3.8) is 0 Å². The monoisotopic (exact) mass is 216 g/mol. The summed E-state index contributed by atoms with van der Waals surface area (Å²) in [5.74, 6) is 1.50. The number of piperidine rings is 1. The second-order valence-corrected chi connectivity index (χ2v) is 4.80. The standard InChI is InChI=1S/C10H20N2OS/c1-12-8-9(4-5-10(12)13)11-6-3-7-14-2/h9,11H,3-8H2,1-2H3. The first kappa shape index (κ1) is 11.9. The van der Waals surface area contributed by atoms with Crippen LogP contribution in [0.15, 0.2) is 0 Å². The molecule has 14 heavy (non-hydrogen) atoms. The molecule has 1 amide bonds. The lowest BCUT2D eigenvalue weighted by atomic mass is 10.1. The Bertz CT molecular complexity index is 187. The molecule has 1 aliphatic rings. The maximum absolute atomic E-state index is 11.2. The summed E-state index contributed by atoms with van der Waals surface area (Å²) in [6.07, 6.45) is 5.06. The van der Waals surface area contributed by atoms with Gasteiger partial charge in [0.05, 0.1) is 0 Å². The lowest BCUT2D eigenvalue weighted by molar-refractivity contribution is -0.132. The highest BCUT2D eigenvalue weighted by Crippen LogP contribution is 2.09. The van der Waals surface area contributed by atoms with Crippen LogP contribution in [-0.4, -0.2) is 49.0 Å². The van der Waals surface area contributed by atoms with Gasteiger partial charge in [0.1, 0.15) is 0 Å². The van der Waals surface area contributed by atoms with Crippen LogP contribution < -0.4 is 5.32 Å². The van der Waals surface area contributed by atoms with Gasteiger partial charge in [-0.3, -0.25) is 4.79 Å². The normalized spacial score (nSPS) is 22.9. The van der Waals surface area contributed by atoms with Gasteiger partial charge < -0.3 is 10.2 Å². The van der Waals surface area contributed by atoms with Crippen molar-refractivity contribution in [2.24, 2.45) is 0 Å². The third-order valence-electron chi connectivity index (χ3n) is 2.58. The van der Waals surface area contributed by atoms with Crippen molar-refractivity contribution in [3.05, 3.63) is 0 Å². The van der Waals surface area contributed by atoms with Crippen molar-refractivity contribution in [2.45, 2.75) is 25.3 Å². The van der Waals surface area contributed by atoms with Gasteiger partial charge in [-0.2, -0.15) is 11.8 Å². The molecule has 1 saturated heterocycles. The van der Waals surface area contributed by atoms with Crippen molar-refractivity contribution < 1.29 is 4.79 Å². The zero-order valence-corrected chi connectivity index (χ0v) is 9.90. The molecule has 0 radical (unpaired) electrons. The summed E-state index contributed by atoms with van der Waals surface area (Å²) < 4.78 is 0. The van der Waals surface area contributed by atoms with Crippen LogP contribution >= 0.6 is 11.8 Å². The van der Waals surface area contributed by atoms with Gasteiger partial charge in [0.2, 0.25) is 5.91 Å². The van der Waals surface area contributed by atoms with E-state index >= 15 is 0 Å². The Balaban J connectivity index is 2.10. The van der Waals surface area contributed by atoms with Crippen molar-refractivity contribution in [2.75, 3.05) is 32.1 Å². The first-order chi connectivity index (χ1) is 6.74. The number of likely N-dealkylation sites (tertiary alicyclic amines) is 1. The fraction of sp³-hybridized carbons (Fsp3) is 0.900. The third kappa shape index (κ3) is 3.88. The molecule has 1 rings (SSSR count). The van der Waals surface area contributed by atoms with E-state index in [1.165, 1.54) is 12.2 Å². The predicted molar refractivity (Wildman–Crippen MR) is 61.7 cm³/mol. The van der Waals surface area contributed by atoms with Crippen LogP contribution in [0.5, 0.6) is 0 Å². The SMILES string of the molecule is CSCCCNC1CCC(=O)N(C)C1. The van der Waals surface area contributed by atoms with Crippen LogP contribution in [0.25, 0.3) is 0 Å². The molecule has 1 fully saturated rings. The maximum atomic E-state index is 11.2. The first-order valence-corrected chi connectivity index (χ1v) is 6.59. The molecule has 0 saturated carbocycles. The van der Waals surface area contributed by atoms with Gasteiger partial charge in [0, 0.05) is 26.1 Å². The molecule has 1 N–H and O–H groups in total. The Morgan fingerprint density at radius 3 is 3.07 bits per heavy atom. The summed E-state index contributed by atoms with van der Waals surface area (Å²) in [4.78, 5) is 13.0.